The van der Waals surface area contributed by atoms with Crippen molar-refractivity contribution in [2.75, 3.05) is 6.54 Å². The minimum atomic E-state index is -0.470. The second kappa shape index (κ2) is 2.67. The summed E-state index contributed by atoms with van der Waals surface area (Å²) in [6.45, 7) is 8.95. The van der Waals surface area contributed by atoms with E-state index in [0.29, 0.717) is 6.54 Å². The Labute approximate surface area is 59.7 Å². The summed E-state index contributed by atoms with van der Waals surface area (Å²) in [5.41, 5.74) is 2.21. The molecule has 4 nitrogen and oxygen atoms in total. The molecule has 54 valence electrons. The number of nitrogens with zero attached hydrogens (tertiary/aromatic N) is 2. The van der Waals surface area contributed by atoms with Crippen molar-refractivity contribution in [2.45, 2.75) is 19.0 Å². The average molecular weight is 139 g/mol. The van der Waals surface area contributed by atoms with Crippen molar-refractivity contribution in [1.29, 1.82) is 0 Å². The molecule has 0 aromatic carbocycles. The lowest BCUT2D eigenvalue weighted by atomic mass is 10.1. The third-order valence-corrected chi connectivity index (χ3v) is 1.53. The molecule has 4 heteroatoms. The first kappa shape index (κ1) is 7.03. The van der Waals surface area contributed by atoms with Gasteiger partial charge in [-0.05, 0) is 6.42 Å². The Kier molecular flexibility index (Phi) is 1.88. The molecule has 1 unspecified atom stereocenters. The minimum Gasteiger partial charge on any atom is -0.394 e. The maximum Gasteiger partial charge on any atom is 0.255 e. The van der Waals surface area contributed by atoms with Crippen molar-refractivity contribution < 1.29 is 4.84 Å². The second-order valence-corrected chi connectivity index (χ2v) is 2.16. The fraction of sp³-hybridized carbons (Fsp3) is 0.667. The Morgan fingerprint density at radius 1 is 1.90 bits per heavy atom. The van der Waals surface area contributed by atoms with Crippen LogP contribution in [0.4, 0.5) is 0 Å². The lowest BCUT2D eigenvalue weighted by molar-refractivity contribution is 0.130. The summed E-state index contributed by atoms with van der Waals surface area (Å²) in [5, 5.41) is 0. The van der Waals surface area contributed by atoms with Gasteiger partial charge in [0.05, 0.1) is 0 Å². The zero-order valence-electron chi connectivity index (χ0n) is 5.79. The van der Waals surface area contributed by atoms with Crippen molar-refractivity contribution in [3.63, 3.8) is 0 Å². The smallest absolute Gasteiger partial charge is 0.255 e. The third-order valence-electron chi connectivity index (χ3n) is 1.53. The Bertz CT molecular complexity index is 184. The quantitative estimate of drug-likeness (QED) is 0.568. The highest BCUT2D eigenvalue weighted by molar-refractivity contribution is 5.49. The average Bonchev–Trinajstić information content (AvgIpc) is 2.39. The number of hydroxylamine groups is 1. The van der Waals surface area contributed by atoms with Crippen LogP contribution in [0.2, 0.25) is 0 Å². The van der Waals surface area contributed by atoms with E-state index in [-0.39, 0.29) is 0 Å². The van der Waals surface area contributed by atoms with Crippen LogP contribution in [-0.2, 0) is 4.84 Å². The standard InChI is InChI=1S/C6H9N3O/c1-3-6(4-7-2)8-5-10-9-6/h5,9H,3-4H2,1H3. The molecular weight excluding hydrogens is 130 g/mol. The summed E-state index contributed by atoms with van der Waals surface area (Å²) in [5.74, 6) is 0. The van der Waals surface area contributed by atoms with Crippen LogP contribution >= 0.6 is 0 Å². The van der Waals surface area contributed by atoms with Crippen LogP contribution in [0.3, 0.4) is 0 Å². The first-order valence-electron chi connectivity index (χ1n) is 3.13. The summed E-state index contributed by atoms with van der Waals surface area (Å²) in [7, 11) is 0. The van der Waals surface area contributed by atoms with E-state index in [1.807, 2.05) is 6.92 Å². The number of rotatable bonds is 2. The van der Waals surface area contributed by atoms with Gasteiger partial charge >= 0.3 is 0 Å². The molecule has 0 aliphatic carbocycles. The van der Waals surface area contributed by atoms with Gasteiger partial charge in [-0.2, -0.15) is 0 Å². The Hall–Kier alpha value is -1.08. The highest BCUT2D eigenvalue weighted by atomic mass is 16.7. The fourth-order valence-electron chi connectivity index (χ4n) is 0.769. The van der Waals surface area contributed by atoms with Crippen molar-refractivity contribution in [1.82, 2.24) is 5.48 Å². The van der Waals surface area contributed by atoms with Crippen LogP contribution in [0.15, 0.2) is 4.99 Å². The monoisotopic (exact) mass is 139 g/mol. The van der Waals surface area contributed by atoms with E-state index in [4.69, 9.17) is 11.4 Å². The summed E-state index contributed by atoms with van der Waals surface area (Å²) in [6.07, 6.45) is 2.11. The van der Waals surface area contributed by atoms with Gasteiger partial charge in [-0.3, -0.25) is 0 Å². The summed E-state index contributed by atoms with van der Waals surface area (Å²) in [6, 6.07) is 0. The lowest BCUT2D eigenvalue weighted by Crippen LogP contribution is -2.40. The van der Waals surface area contributed by atoms with Crippen LogP contribution in [0.1, 0.15) is 13.3 Å². The molecule has 1 rings (SSSR count). The first-order valence-corrected chi connectivity index (χ1v) is 3.13. The van der Waals surface area contributed by atoms with Gasteiger partial charge < -0.3 is 9.68 Å². The largest absolute Gasteiger partial charge is 0.394 e. The molecule has 0 bridgehead atoms. The number of hydrogen-bond donors (Lipinski definition) is 1. The highest BCUT2D eigenvalue weighted by Gasteiger charge is 2.34. The van der Waals surface area contributed by atoms with Gasteiger partial charge in [0.15, 0.2) is 6.40 Å². The SMILES string of the molecule is [C-]#[N+]CC1(CC)N=CON1. The van der Waals surface area contributed by atoms with Crippen molar-refractivity contribution >= 4 is 6.40 Å². The van der Waals surface area contributed by atoms with Crippen LogP contribution in [-0.4, -0.2) is 18.6 Å². The maximum absolute atomic E-state index is 6.65. The zero-order chi connectivity index (χ0) is 7.45. The summed E-state index contributed by atoms with van der Waals surface area (Å²) < 4.78 is 0. The van der Waals surface area contributed by atoms with E-state index < -0.39 is 5.66 Å². The molecule has 0 spiro atoms. The van der Waals surface area contributed by atoms with Gasteiger partial charge in [-0.25, -0.2) is 11.6 Å². The van der Waals surface area contributed by atoms with E-state index in [9.17, 15) is 0 Å². The van der Waals surface area contributed by atoms with Crippen molar-refractivity contribution in [3.05, 3.63) is 11.4 Å². The molecule has 1 aliphatic heterocycles. The maximum atomic E-state index is 6.65. The Morgan fingerprint density at radius 2 is 2.70 bits per heavy atom. The van der Waals surface area contributed by atoms with Crippen molar-refractivity contribution in [3.8, 4) is 0 Å². The molecule has 1 heterocycles. The third kappa shape index (κ3) is 1.09. The highest BCUT2D eigenvalue weighted by Crippen LogP contribution is 2.15. The van der Waals surface area contributed by atoms with Crippen molar-refractivity contribution in [2.24, 2.45) is 4.99 Å². The molecule has 0 amide bonds. The van der Waals surface area contributed by atoms with Gasteiger partial charge in [-0.15, -0.1) is 5.48 Å². The Morgan fingerprint density at radius 3 is 3.10 bits per heavy atom. The normalized spacial score (nSPS) is 29.6. The van der Waals surface area contributed by atoms with Gasteiger partial charge in [0.1, 0.15) is 0 Å². The molecule has 1 atom stereocenters. The first-order chi connectivity index (χ1) is 4.83. The molecule has 10 heavy (non-hydrogen) atoms. The Balaban J connectivity index is 2.61. The molecule has 0 aromatic rings. The van der Waals surface area contributed by atoms with Crippen LogP contribution in [0, 0.1) is 6.57 Å². The number of nitrogens with one attached hydrogen (secondary N) is 1. The predicted molar refractivity (Wildman–Crippen MR) is 37.2 cm³/mol. The van der Waals surface area contributed by atoms with Crippen LogP contribution < -0.4 is 5.48 Å². The van der Waals surface area contributed by atoms with Gasteiger partial charge in [0.2, 0.25) is 5.66 Å². The van der Waals surface area contributed by atoms with E-state index in [0.717, 1.165) is 6.42 Å². The van der Waals surface area contributed by atoms with Gasteiger partial charge in [-0.1, -0.05) is 6.92 Å². The molecule has 0 radical (unpaired) electrons. The summed E-state index contributed by atoms with van der Waals surface area (Å²) in [4.78, 5) is 12.0. The van der Waals surface area contributed by atoms with E-state index >= 15 is 0 Å². The molecule has 0 aromatic heterocycles. The molecule has 0 fully saturated rings. The van der Waals surface area contributed by atoms with E-state index in [1.54, 1.807) is 0 Å². The van der Waals surface area contributed by atoms with E-state index in [1.165, 1.54) is 6.40 Å². The topological polar surface area (TPSA) is 38.0 Å². The zero-order valence-corrected chi connectivity index (χ0v) is 5.79. The molecule has 1 aliphatic rings. The second-order valence-electron chi connectivity index (χ2n) is 2.16. The summed E-state index contributed by atoms with van der Waals surface area (Å²) >= 11 is 0. The number of aliphatic imine (C=N–C) groups is 1. The lowest BCUT2D eigenvalue weighted by Gasteiger charge is -2.15. The number of hydrogen-bond acceptors (Lipinski definition) is 3. The molecular formula is C6H9N3O. The minimum absolute atomic E-state index is 0.333. The molecule has 0 saturated carbocycles. The van der Waals surface area contributed by atoms with Gasteiger partial charge in [0.25, 0.3) is 6.54 Å². The van der Waals surface area contributed by atoms with Crippen LogP contribution in [0.25, 0.3) is 4.85 Å². The van der Waals surface area contributed by atoms with Crippen LogP contribution in [0.5, 0.6) is 0 Å². The molecule has 1 N–H and O–H groups in total. The fourth-order valence-corrected chi connectivity index (χ4v) is 0.769. The predicted octanol–water partition coefficient (Wildman–Crippen LogP) is 0.575. The van der Waals surface area contributed by atoms with E-state index in [2.05, 4.69) is 15.3 Å². The van der Waals surface area contributed by atoms with Gasteiger partial charge in [0, 0.05) is 0 Å². The molecule has 0 saturated heterocycles.